The second-order valence-electron chi connectivity index (χ2n) is 9.87. The molecule has 3 fully saturated rings. The Morgan fingerprint density at radius 3 is 2.82 bits per heavy atom. The lowest BCUT2D eigenvalue weighted by atomic mass is 10.0. The minimum atomic E-state index is -0.307. The van der Waals surface area contributed by atoms with Crippen LogP contribution in [0.5, 0.6) is 0 Å². The van der Waals surface area contributed by atoms with E-state index in [0.717, 1.165) is 49.8 Å². The normalized spacial score (nSPS) is 29.3. The molecule has 1 aliphatic carbocycles. The molecule has 8 heteroatoms. The van der Waals surface area contributed by atoms with E-state index < -0.39 is 0 Å². The van der Waals surface area contributed by atoms with Crippen molar-refractivity contribution in [2.75, 3.05) is 26.7 Å². The van der Waals surface area contributed by atoms with Gasteiger partial charge in [0.1, 0.15) is 6.04 Å². The third kappa shape index (κ3) is 3.59. The number of carbonyl (C=O) groups excluding carboxylic acids is 3. The summed E-state index contributed by atoms with van der Waals surface area (Å²) >= 11 is 0. The highest BCUT2D eigenvalue weighted by atomic mass is 16.2. The quantitative estimate of drug-likeness (QED) is 0.734. The van der Waals surface area contributed by atoms with Gasteiger partial charge in [-0.15, -0.1) is 0 Å². The lowest BCUT2D eigenvalue weighted by molar-refractivity contribution is -0.142. The smallest absolute Gasteiger partial charge is 0.251 e. The zero-order valence-electron chi connectivity index (χ0n) is 19.3. The van der Waals surface area contributed by atoms with Crippen LogP contribution in [-0.2, 0) is 16.0 Å². The Bertz CT molecular complexity index is 1030. The minimum absolute atomic E-state index is 0.0303. The largest absolute Gasteiger partial charge is 0.355 e. The molecule has 0 aromatic heterocycles. The fraction of sp³-hybridized carbons (Fsp3) is 0.600. The molecule has 3 aliphatic heterocycles. The first-order valence-electron chi connectivity index (χ1n) is 12.0. The van der Waals surface area contributed by atoms with E-state index in [1.165, 1.54) is 0 Å². The predicted molar refractivity (Wildman–Crippen MR) is 121 cm³/mol. The van der Waals surface area contributed by atoms with Gasteiger partial charge in [0.2, 0.25) is 11.8 Å². The first-order valence-corrected chi connectivity index (χ1v) is 12.0. The average Bonchev–Trinajstić information content (AvgIpc) is 3.60. The highest BCUT2D eigenvalue weighted by molar-refractivity contribution is 5.94. The molecule has 3 saturated heterocycles. The molecular formula is C25H31N5O3. The van der Waals surface area contributed by atoms with Gasteiger partial charge in [0.25, 0.3) is 5.91 Å². The Labute approximate surface area is 194 Å². The van der Waals surface area contributed by atoms with Crippen LogP contribution in [0.4, 0.5) is 0 Å². The number of rotatable bonds is 5. The molecule has 3 amide bonds. The maximum atomic E-state index is 13.4. The fourth-order valence-corrected chi connectivity index (χ4v) is 6.35. The summed E-state index contributed by atoms with van der Waals surface area (Å²) in [5.74, 6) is -0.125. The second kappa shape index (κ2) is 8.45. The molecule has 5 rings (SSSR count). The summed E-state index contributed by atoms with van der Waals surface area (Å²) in [5.41, 5.74) is 2.98. The predicted octanol–water partition coefficient (Wildman–Crippen LogP) is 1.47. The summed E-state index contributed by atoms with van der Waals surface area (Å²) in [6.07, 6.45) is 4.21. The van der Waals surface area contributed by atoms with Crippen LogP contribution in [0.2, 0.25) is 0 Å². The number of benzene rings is 1. The van der Waals surface area contributed by atoms with E-state index >= 15 is 0 Å². The van der Waals surface area contributed by atoms with Gasteiger partial charge in [-0.05, 0) is 55.4 Å². The third-order valence-corrected chi connectivity index (χ3v) is 7.94. The average molecular weight is 450 g/mol. The van der Waals surface area contributed by atoms with Crippen molar-refractivity contribution in [3.05, 3.63) is 34.9 Å². The van der Waals surface area contributed by atoms with Crippen LogP contribution in [0.3, 0.4) is 0 Å². The Kier molecular flexibility index (Phi) is 5.61. The van der Waals surface area contributed by atoms with Gasteiger partial charge in [0, 0.05) is 44.2 Å². The maximum absolute atomic E-state index is 13.4. The van der Waals surface area contributed by atoms with Gasteiger partial charge in [-0.3, -0.25) is 19.3 Å². The number of aryl methyl sites for hydroxylation is 1. The molecule has 174 valence electrons. The summed E-state index contributed by atoms with van der Waals surface area (Å²) in [4.78, 5) is 44.2. The molecule has 0 unspecified atom stereocenters. The standard InChI is InChI=1S/C25H31N5O3/c1-15(24(32)29-9-3-4-18(29)12-26)13-28-14-19-11-22(28)25(33)30(19)21-8-6-16-10-17(23(31)27-2)5-7-20(16)21/h5,7,10,15,18-19,21-22H,3-4,6,8-9,11,13-14H2,1-2H3,(H,27,31)/t15-,18-,19-,21+,22-/m0/s1. The molecule has 1 N–H and O–H groups in total. The summed E-state index contributed by atoms with van der Waals surface area (Å²) in [5, 5.41) is 12.0. The summed E-state index contributed by atoms with van der Waals surface area (Å²) in [6, 6.07) is 7.83. The van der Waals surface area contributed by atoms with Crippen LogP contribution in [-0.4, -0.2) is 77.2 Å². The highest BCUT2D eigenvalue weighted by Gasteiger charge is 2.53. The summed E-state index contributed by atoms with van der Waals surface area (Å²) < 4.78 is 0. The molecule has 0 radical (unpaired) electrons. The van der Waals surface area contributed by atoms with Gasteiger partial charge < -0.3 is 15.1 Å². The minimum Gasteiger partial charge on any atom is -0.355 e. The third-order valence-electron chi connectivity index (χ3n) is 7.94. The lowest BCUT2D eigenvalue weighted by Crippen LogP contribution is -2.53. The summed E-state index contributed by atoms with van der Waals surface area (Å²) in [7, 11) is 1.63. The van der Waals surface area contributed by atoms with E-state index in [2.05, 4.69) is 21.2 Å². The Balaban J connectivity index is 1.25. The zero-order chi connectivity index (χ0) is 23.3. The maximum Gasteiger partial charge on any atom is 0.251 e. The van der Waals surface area contributed by atoms with Crippen LogP contribution >= 0.6 is 0 Å². The van der Waals surface area contributed by atoms with Crippen LogP contribution < -0.4 is 5.32 Å². The van der Waals surface area contributed by atoms with Crippen LogP contribution in [0, 0.1) is 17.2 Å². The zero-order valence-corrected chi connectivity index (χ0v) is 19.3. The van der Waals surface area contributed by atoms with Gasteiger partial charge in [0.15, 0.2) is 0 Å². The number of piperazine rings is 1. The van der Waals surface area contributed by atoms with Gasteiger partial charge in [-0.2, -0.15) is 5.26 Å². The van der Waals surface area contributed by atoms with Gasteiger partial charge >= 0.3 is 0 Å². The molecule has 2 bridgehead atoms. The number of fused-ring (bicyclic) bond motifs is 3. The van der Waals surface area contributed by atoms with Crippen LogP contribution in [0.15, 0.2) is 18.2 Å². The van der Waals surface area contributed by atoms with E-state index in [0.29, 0.717) is 18.7 Å². The number of likely N-dealkylation sites (tertiary alicyclic amines) is 3. The molecule has 0 spiro atoms. The van der Waals surface area contributed by atoms with Gasteiger partial charge in [0.05, 0.1) is 18.2 Å². The number of amides is 3. The van der Waals surface area contributed by atoms with Gasteiger partial charge in [-0.25, -0.2) is 0 Å². The van der Waals surface area contributed by atoms with Gasteiger partial charge in [-0.1, -0.05) is 13.0 Å². The number of nitrogens with zero attached hydrogens (tertiary/aromatic N) is 4. The van der Waals surface area contributed by atoms with E-state index in [4.69, 9.17) is 0 Å². The van der Waals surface area contributed by atoms with Crippen LogP contribution in [0.25, 0.3) is 0 Å². The van der Waals surface area contributed by atoms with Crippen molar-refractivity contribution in [3.63, 3.8) is 0 Å². The molecule has 33 heavy (non-hydrogen) atoms. The number of carbonyl (C=O) groups is 3. The van der Waals surface area contributed by atoms with E-state index in [-0.39, 0.29) is 47.8 Å². The SMILES string of the molecule is CNC(=O)c1ccc2c(c1)CC[C@H]2N1C(=O)[C@@H]2C[C@H]1CN2C[C@H](C)C(=O)N1CCC[C@H]1C#N. The summed E-state index contributed by atoms with van der Waals surface area (Å²) in [6.45, 7) is 3.92. The number of nitriles is 1. The Hall–Kier alpha value is -2.92. The second-order valence-corrected chi connectivity index (χ2v) is 9.87. The van der Waals surface area contributed by atoms with Crippen molar-refractivity contribution in [2.24, 2.45) is 5.92 Å². The van der Waals surface area contributed by atoms with Crippen molar-refractivity contribution >= 4 is 17.7 Å². The lowest BCUT2D eigenvalue weighted by Gasteiger charge is -2.38. The van der Waals surface area contributed by atoms with Crippen molar-refractivity contribution in [2.45, 2.75) is 63.2 Å². The molecular weight excluding hydrogens is 418 g/mol. The monoisotopic (exact) mass is 449 g/mol. The Morgan fingerprint density at radius 2 is 2.09 bits per heavy atom. The van der Waals surface area contributed by atoms with Crippen molar-refractivity contribution in [1.29, 1.82) is 5.26 Å². The first-order chi connectivity index (χ1) is 15.9. The first kappa shape index (κ1) is 21.9. The van der Waals surface area contributed by atoms with E-state index in [9.17, 15) is 19.6 Å². The Morgan fingerprint density at radius 1 is 1.27 bits per heavy atom. The molecule has 4 aliphatic rings. The van der Waals surface area contributed by atoms with Crippen LogP contribution in [0.1, 0.15) is 60.1 Å². The molecule has 0 saturated carbocycles. The number of nitrogens with one attached hydrogen (secondary N) is 1. The van der Waals surface area contributed by atoms with E-state index in [1.54, 1.807) is 11.9 Å². The van der Waals surface area contributed by atoms with Crippen molar-refractivity contribution < 1.29 is 14.4 Å². The van der Waals surface area contributed by atoms with Crippen molar-refractivity contribution in [1.82, 2.24) is 20.0 Å². The molecule has 8 nitrogen and oxygen atoms in total. The number of hydrogen-bond acceptors (Lipinski definition) is 5. The molecule has 1 aromatic rings. The fourth-order valence-electron chi connectivity index (χ4n) is 6.35. The van der Waals surface area contributed by atoms with E-state index in [1.807, 2.05) is 25.1 Å². The molecule has 3 heterocycles. The van der Waals surface area contributed by atoms with Crippen molar-refractivity contribution in [3.8, 4) is 6.07 Å². The molecule has 5 atom stereocenters. The molecule has 1 aromatic carbocycles. The topological polar surface area (TPSA) is 96.8 Å². The number of hydrogen-bond donors (Lipinski definition) is 1. The highest BCUT2D eigenvalue weighted by Crippen LogP contribution is 2.44.